The molecular weight excluding hydrogens is 246 g/mol. The fourth-order valence-electron chi connectivity index (χ4n) is 1.14. The fourth-order valence-corrected chi connectivity index (χ4v) is 1.60. The van der Waals surface area contributed by atoms with Crippen molar-refractivity contribution < 1.29 is 9.63 Å². The molecule has 0 unspecified atom stereocenters. The average Bonchev–Trinajstić information content (AvgIpc) is 2.21. The van der Waals surface area contributed by atoms with Gasteiger partial charge < -0.3 is 0 Å². The number of hydrogen-bond acceptors (Lipinski definition) is 3. The molecule has 0 aliphatic heterocycles. The van der Waals surface area contributed by atoms with Crippen LogP contribution in [-0.2, 0) is 9.63 Å². The van der Waals surface area contributed by atoms with Crippen molar-refractivity contribution in [1.82, 2.24) is 0 Å². The third kappa shape index (κ3) is 2.33. The molecular formula is C10H11BrNO2. The summed E-state index contributed by atoms with van der Waals surface area (Å²) in [4.78, 5) is 15.6. The van der Waals surface area contributed by atoms with Gasteiger partial charge in [-0.15, -0.1) is 0 Å². The summed E-state index contributed by atoms with van der Waals surface area (Å²) in [6.45, 7) is 1.72. The van der Waals surface area contributed by atoms with Gasteiger partial charge in [-0.3, -0.25) is 9.63 Å². The van der Waals surface area contributed by atoms with E-state index in [9.17, 15) is 4.79 Å². The molecule has 0 bridgehead atoms. The lowest BCUT2D eigenvalue weighted by atomic mass is 10.3. The predicted molar refractivity (Wildman–Crippen MR) is 58.8 cm³/mol. The zero-order valence-electron chi connectivity index (χ0n) is 8.03. The van der Waals surface area contributed by atoms with Crippen molar-refractivity contribution in [3.8, 4) is 0 Å². The minimum Gasteiger partial charge on any atom is -0.288 e. The predicted octanol–water partition coefficient (Wildman–Crippen LogP) is 2.32. The van der Waals surface area contributed by atoms with Gasteiger partial charge in [0.05, 0.1) is 12.8 Å². The second-order valence-corrected chi connectivity index (χ2v) is 3.61. The highest BCUT2D eigenvalue weighted by Gasteiger charge is 2.16. The smallest absolute Gasteiger partial charge is 0.225 e. The molecule has 1 rings (SSSR count). The Balaban J connectivity index is 3.00. The number of halogens is 1. The first kappa shape index (κ1) is 11.2. The highest BCUT2D eigenvalue weighted by molar-refractivity contribution is 9.10. The van der Waals surface area contributed by atoms with E-state index in [0.29, 0.717) is 0 Å². The quantitative estimate of drug-likeness (QED) is 0.775. The number of rotatable bonds is 4. The van der Waals surface area contributed by atoms with Gasteiger partial charge in [0.25, 0.3) is 0 Å². The number of carbonyl (C=O) groups excluding carboxylic acids is 1. The summed E-state index contributed by atoms with van der Waals surface area (Å²) >= 11 is 3.38. The lowest BCUT2D eigenvalue weighted by molar-refractivity contribution is 0.158. The van der Waals surface area contributed by atoms with E-state index in [4.69, 9.17) is 4.84 Å². The summed E-state index contributed by atoms with van der Waals surface area (Å²) in [5, 5.41) is 1.50. The number of benzene rings is 1. The molecule has 1 radical (unpaired) electrons. The van der Waals surface area contributed by atoms with Gasteiger partial charge in [0.1, 0.15) is 6.04 Å². The minimum atomic E-state index is -0.432. The largest absolute Gasteiger partial charge is 0.288 e. The van der Waals surface area contributed by atoms with Crippen LogP contribution in [0, 0.1) is 0 Å². The van der Waals surface area contributed by atoms with Crippen LogP contribution < -0.4 is 5.06 Å². The summed E-state index contributed by atoms with van der Waals surface area (Å²) in [5.74, 6) is 0. The van der Waals surface area contributed by atoms with E-state index in [1.807, 2.05) is 30.6 Å². The van der Waals surface area contributed by atoms with Crippen molar-refractivity contribution in [3.05, 3.63) is 28.7 Å². The number of hydroxylamine groups is 1. The first-order chi connectivity index (χ1) is 6.70. The molecule has 0 amide bonds. The van der Waals surface area contributed by atoms with E-state index < -0.39 is 6.04 Å². The number of hydrogen-bond donors (Lipinski definition) is 0. The standard InChI is InChI=1S/C10H11BrNO2/c1-8(7-13)12(14-2)10-6-4-3-5-9(10)11/h3-6,8H,1-2H3/t8-/m0/s1. The molecule has 3 nitrogen and oxygen atoms in total. The number of para-hydroxylation sites is 1. The third-order valence-electron chi connectivity index (χ3n) is 1.81. The van der Waals surface area contributed by atoms with Gasteiger partial charge in [-0.1, -0.05) is 12.1 Å². The molecule has 14 heavy (non-hydrogen) atoms. The van der Waals surface area contributed by atoms with Crippen LogP contribution in [0.5, 0.6) is 0 Å². The molecule has 0 aliphatic rings. The zero-order chi connectivity index (χ0) is 10.6. The second kappa shape index (κ2) is 5.12. The van der Waals surface area contributed by atoms with Crippen LogP contribution in [0.25, 0.3) is 0 Å². The van der Waals surface area contributed by atoms with Crippen molar-refractivity contribution in [2.75, 3.05) is 12.2 Å². The first-order valence-corrected chi connectivity index (χ1v) is 4.95. The summed E-state index contributed by atoms with van der Waals surface area (Å²) in [5.41, 5.74) is 0.811. The van der Waals surface area contributed by atoms with E-state index >= 15 is 0 Å². The molecule has 1 aromatic rings. The van der Waals surface area contributed by atoms with Crippen LogP contribution in [0.4, 0.5) is 5.69 Å². The minimum absolute atomic E-state index is 0.432. The first-order valence-electron chi connectivity index (χ1n) is 4.16. The maximum Gasteiger partial charge on any atom is 0.225 e. The molecule has 4 heteroatoms. The van der Waals surface area contributed by atoms with Gasteiger partial charge in [0.15, 0.2) is 0 Å². The van der Waals surface area contributed by atoms with Crippen LogP contribution >= 0.6 is 15.9 Å². The zero-order valence-corrected chi connectivity index (χ0v) is 9.61. The van der Waals surface area contributed by atoms with Gasteiger partial charge in [-0.2, -0.15) is 0 Å². The lowest BCUT2D eigenvalue weighted by Gasteiger charge is -2.25. The van der Waals surface area contributed by atoms with Gasteiger partial charge in [-0.05, 0) is 35.0 Å². The Kier molecular flexibility index (Phi) is 4.10. The average molecular weight is 257 g/mol. The molecule has 0 saturated heterocycles. The molecule has 0 fully saturated rings. The van der Waals surface area contributed by atoms with E-state index in [1.165, 1.54) is 12.2 Å². The van der Waals surface area contributed by atoms with E-state index in [-0.39, 0.29) is 0 Å². The molecule has 0 aliphatic carbocycles. The normalized spacial score (nSPS) is 12.2. The van der Waals surface area contributed by atoms with Crippen LogP contribution in [0.1, 0.15) is 6.92 Å². The maximum absolute atomic E-state index is 10.5. The Bertz CT molecular complexity index is 317. The fraction of sp³-hybridized carbons (Fsp3) is 0.300. The maximum atomic E-state index is 10.5. The van der Waals surface area contributed by atoms with Crippen LogP contribution in [0.2, 0.25) is 0 Å². The third-order valence-corrected chi connectivity index (χ3v) is 2.48. The number of nitrogens with zero attached hydrogens (tertiary/aromatic N) is 1. The van der Waals surface area contributed by atoms with E-state index in [1.54, 1.807) is 6.92 Å². The van der Waals surface area contributed by atoms with Crippen molar-refractivity contribution in [2.45, 2.75) is 13.0 Å². The van der Waals surface area contributed by atoms with Gasteiger partial charge in [-0.25, -0.2) is 5.06 Å². The van der Waals surface area contributed by atoms with Crippen LogP contribution in [0.3, 0.4) is 0 Å². The topological polar surface area (TPSA) is 29.5 Å². The Morgan fingerprint density at radius 1 is 1.50 bits per heavy atom. The van der Waals surface area contributed by atoms with Gasteiger partial charge in [0, 0.05) is 4.47 Å². The molecule has 0 N–H and O–H groups in total. The van der Waals surface area contributed by atoms with Crippen molar-refractivity contribution in [2.24, 2.45) is 0 Å². The summed E-state index contributed by atoms with van der Waals surface area (Å²) < 4.78 is 0.879. The van der Waals surface area contributed by atoms with Crippen LogP contribution in [-0.4, -0.2) is 19.4 Å². The Morgan fingerprint density at radius 3 is 2.64 bits per heavy atom. The summed E-state index contributed by atoms with van der Waals surface area (Å²) in [6.07, 6.45) is 1.87. The molecule has 0 saturated carbocycles. The van der Waals surface area contributed by atoms with Crippen molar-refractivity contribution >= 4 is 27.9 Å². The van der Waals surface area contributed by atoms with Crippen LogP contribution in [0.15, 0.2) is 28.7 Å². The highest BCUT2D eigenvalue weighted by atomic mass is 79.9. The molecule has 0 aromatic heterocycles. The summed E-state index contributed by atoms with van der Waals surface area (Å²) in [6, 6.07) is 7.10. The molecule has 1 aromatic carbocycles. The SMILES string of the molecule is CON(c1ccccc1Br)[C@@H](C)[C]=O. The molecule has 75 valence electrons. The Morgan fingerprint density at radius 2 is 2.14 bits per heavy atom. The second-order valence-electron chi connectivity index (χ2n) is 2.75. The molecule has 0 heterocycles. The Hall–Kier alpha value is -0.870. The Labute approximate surface area is 91.7 Å². The summed E-state index contributed by atoms with van der Waals surface area (Å²) in [7, 11) is 1.52. The van der Waals surface area contributed by atoms with E-state index in [2.05, 4.69) is 15.9 Å². The van der Waals surface area contributed by atoms with Crippen molar-refractivity contribution in [3.63, 3.8) is 0 Å². The lowest BCUT2D eigenvalue weighted by Crippen LogP contribution is -2.33. The van der Waals surface area contributed by atoms with Gasteiger partial charge in [0.2, 0.25) is 6.29 Å². The monoisotopic (exact) mass is 256 g/mol. The number of anilines is 1. The van der Waals surface area contributed by atoms with E-state index in [0.717, 1.165) is 10.2 Å². The van der Waals surface area contributed by atoms with Gasteiger partial charge >= 0.3 is 0 Å². The molecule has 1 atom stereocenters. The highest BCUT2D eigenvalue weighted by Crippen LogP contribution is 2.26. The van der Waals surface area contributed by atoms with Crippen molar-refractivity contribution in [1.29, 1.82) is 0 Å². The molecule has 0 spiro atoms.